The minimum absolute atomic E-state index is 0.128. The van der Waals surface area contributed by atoms with E-state index in [4.69, 9.17) is 14.5 Å². The lowest BCUT2D eigenvalue weighted by molar-refractivity contribution is -0.254. The van der Waals surface area contributed by atoms with Gasteiger partial charge in [0.25, 0.3) is 0 Å². The Bertz CT molecular complexity index is 981. The first-order valence-corrected chi connectivity index (χ1v) is 9.06. The van der Waals surface area contributed by atoms with Crippen LogP contribution in [0, 0.1) is 6.92 Å². The summed E-state index contributed by atoms with van der Waals surface area (Å²) in [4.78, 5) is 16.4. The number of para-hydroxylation sites is 1. The Labute approximate surface area is 158 Å². The Morgan fingerprint density at radius 3 is 2.59 bits per heavy atom. The Morgan fingerprint density at radius 1 is 1.07 bits per heavy atom. The summed E-state index contributed by atoms with van der Waals surface area (Å²) in [5.74, 6) is 0.0619. The third-order valence-corrected chi connectivity index (χ3v) is 4.26. The Kier molecular flexibility index (Phi) is 5.60. The van der Waals surface area contributed by atoms with Crippen molar-refractivity contribution < 1.29 is 19.4 Å². The first-order valence-electron chi connectivity index (χ1n) is 9.06. The molecular formula is C22H22NO4-. The zero-order chi connectivity index (χ0) is 19.4. The number of aromatic nitrogens is 1. The number of carboxylic acid groups (broad SMARTS) is 1. The summed E-state index contributed by atoms with van der Waals surface area (Å²) < 4.78 is 11.4. The second-order valence-corrected chi connectivity index (χ2v) is 6.26. The van der Waals surface area contributed by atoms with E-state index in [-0.39, 0.29) is 5.56 Å². The van der Waals surface area contributed by atoms with Gasteiger partial charge in [0.1, 0.15) is 0 Å². The van der Waals surface area contributed by atoms with E-state index in [1.807, 2.05) is 51.1 Å². The molecule has 2 aromatic carbocycles. The highest BCUT2D eigenvalue weighted by atomic mass is 16.5. The van der Waals surface area contributed by atoms with Gasteiger partial charge in [-0.2, -0.15) is 0 Å². The summed E-state index contributed by atoms with van der Waals surface area (Å²) >= 11 is 0. The SMILES string of the molecule is CCCOc1ccc(-c2cc(C(=O)[O-])c3cccc(C)c3n2)cc1OCC. The lowest BCUT2D eigenvalue weighted by Crippen LogP contribution is -2.22. The summed E-state index contributed by atoms with van der Waals surface area (Å²) in [5, 5.41) is 12.2. The van der Waals surface area contributed by atoms with E-state index in [1.54, 1.807) is 12.1 Å². The zero-order valence-electron chi connectivity index (χ0n) is 15.7. The molecule has 0 bridgehead atoms. The van der Waals surface area contributed by atoms with Gasteiger partial charge in [-0.3, -0.25) is 0 Å². The van der Waals surface area contributed by atoms with Gasteiger partial charge in [0.15, 0.2) is 11.5 Å². The van der Waals surface area contributed by atoms with Crippen molar-refractivity contribution in [3.05, 3.63) is 53.6 Å². The van der Waals surface area contributed by atoms with E-state index < -0.39 is 5.97 Å². The van der Waals surface area contributed by atoms with Crippen LogP contribution < -0.4 is 14.6 Å². The molecule has 0 radical (unpaired) electrons. The largest absolute Gasteiger partial charge is 0.545 e. The van der Waals surface area contributed by atoms with Crippen LogP contribution in [0.4, 0.5) is 0 Å². The third kappa shape index (κ3) is 3.87. The summed E-state index contributed by atoms with van der Waals surface area (Å²) in [6, 6.07) is 12.5. The van der Waals surface area contributed by atoms with Gasteiger partial charge >= 0.3 is 0 Å². The topological polar surface area (TPSA) is 71.5 Å². The molecular weight excluding hydrogens is 342 g/mol. The van der Waals surface area contributed by atoms with E-state index in [1.165, 1.54) is 0 Å². The molecule has 0 spiro atoms. The first-order chi connectivity index (χ1) is 13.0. The number of nitrogens with zero attached hydrogens (tertiary/aromatic N) is 1. The van der Waals surface area contributed by atoms with Gasteiger partial charge in [0.05, 0.1) is 30.4 Å². The molecule has 0 saturated carbocycles. The molecule has 5 heteroatoms. The van der Waals surface area contributed by atoms with E-state index in [9.17, 15) is 9.90 Å². The highest BCUT2D eigenvalue weighted by Crippen LogP contribution is 2.34. The van der Waals surface area contributed by atoms with Gasteiger partial charge in [-0.05, 0) is 50.1 Å². The molecule has 0 fully saturated rings. The highest BCUT2D eigenvalue weighted by molar-refractivity contribution is 6.03. The number of carboxylic acids is 1. The first kappa shape index (κ1) is 18.7. The molecule has 3 rings (SSSR count). The minimum atomic E-state index is -1.22. The monoisotopic (exact) mass is 364 g/mol. The number of aryl methyl sites for hydroxylation is 1. The van der Waals surface area contributed by atoms with E-state index >= 15 is 0 Å². The molecule has 0 N–H and O–H groups in total. The van der Waals surface area contributed by atoms with Crippen LogP contribution in [0.2, 0.25) is 0 Å². The Morgan fingerprint density at radius 2 is 1.89 bits per heavy atom. The molecule has 0 aliphatic carbocycles. The summed E-state index contributed by atoms with van der Waals surface area (Å²) in [6.07, 6.45) is 0.897. The maximum Gasteiger partial charge on any atom is 0.161 e. The van der Waals surface area contributed by atoms with Gasteiger partial charge in [-0.1, -0.05) is 25.1 Å². The molecule has 0 saturated heterocycles. The zero-order valence-corrected chi connectivity index (χ0v) is 15.7. The van der Waals surface area contributed by atoms with Crippen molar-refractivity contribution in [1.29, 1.82) is 0 Å². The number of aromatic carboxylic acids is 1. The van der Waals surface area contributed by atoms with Crippen molar-refractivity contribution in [3.63, 3.8) is 0 Å². The van der Waals surface area contributed by atoms with Crippen molar-refractivity contribution >= 4 is 16.9 Å². The van der Waals surface area contributed by atoms with Gasteiger partial charge in [0, 0.05) is 16.5 Å². The fourth-order valence-electron chi connectivity index (χ4n) is 2.98. The van der Waals surface area contributed by atoms with Crippen LogP contribution in [0.25, 0.3) is 22.2 Å². The van der Waals surface area contributed by atoms with E-state index in [0.717, 1.165) is 17.5 Å². The maximum absolute atomic E-state index is 11.7. The lowest BCUT2D eigenvalue weighted by Gasteiger charge is -2.15. The molecule has 0 atom stereocenters. The van der Waals surface area contributed by atoms with Crippen molar-refractivity contribution in [2.24, 2.45) is 0 Å². The van der Waals surface area contributed by atoms with Crippen molar-refractivity contribution in [1.82, 2.24) is 4.98 Å². The highest BCUT2D eigenvalue weighted by Gasteiger charge is 2.13. The normalized spacial score (nSPS) is 10.8. The number of carbonyl (C=O) groups is 1. The van der Waals surface area contributed by atoms with Crippen molar-refractivity contribution in [2.75, 3.05) is 13.2 Å². The third-order valence-electron chi connectivity index (χ3n) is 4.26. The number of carbonyl (C=O) groups excluding carboxylic acids is 1. The molecule has 3 aromatic rings. The number of benzene rings is 2. The number of ether oxygens (including phenoxy) is 2. The maximum atomic E-state index is 11.7. The van der Waals surface area contributed by atoms with Crippen molar-refractivity contribution in [2.45, 2.75) is 27.2 Å². The van der Waals surface area contributed by atoms with E-state index in [2.05, 4.69) is 0 Å². The summed E-state index contributed by atoms with van der Waals surface area (Å²) in [6.45, 7) is 6.95. The second kappa shape index (κ2) is 8.08. The fourth-order valence-corrected chi connectivity index (χ4v) is 2.98. The smallest absolute Gasteiger partial charge is 0.161 e. The molecule has 0 unspecified atom stereocenters. The predicted octanol–water partition coefficient (Wildman–Crippen LogP) is 3.76. The van der Waals surface area contributed by atoms with Crippen LogP contribution in [0.3, 0.4) is 0 Å². The van der Waals surface area contributed by atoms with Crippen LogP contribution in [0.1, 0.15) is 36.2 Å². The van der Waals surface area contributed by atoms with Gasteiger partial charge in [-0.25, -0.2) is 4.98 Å². The van der Waals surface area contributed by atoms with Crippen LogP contribution in [0.5, 0.6) is 11.5 Å². The Balaban J connectivity index is 2.15. The van der Waals surface area contributed by atoms with Gasteiger partial charge < -0.3 is 19.4 Å². The van der Waals surface area contributed by atoms with E-state index in [0.29, 0.717) is 41.3 Å². The molecule has 27 heavy (non-hydrogen) atoms. The van der Waals surface area contributed by atoms with Crippen molar-refractivity contribution in [3.8, 4) is 22.8 Å². The number of hydrogen-bond donors (Lipinski definition) is 0. The minimum Gasteiger partial charge on any atom is -0.545 e. The molecule has 0 aliphatic rings. The average molecular weight is 364 g/mol. The predicted molar refractivity (Wildman–Crippen MR) is 103 cm³/mol. The molecule has 0 aliphatic heterocycles. The fraction of sp³-hybridized carbons (Fsp3) is 0.273. The number of fused-ring (bicyclic) bond motifs is 1. The van der Waals surface area contributed by atoms with Gasteiger partial charge in [-0.15, -0.1) is 0 Å². The number of rotatable bonds is 7. The average Bonchev–Trinajstić information content (AvgIpc) is 2.66. The van der Waals surface area contributed by atoms with Crippen LogP contribution >= 0.6 is 0 Å². The van der Waals surface area contributed by atoms with Crippen LogP contribution in [0.15, 0.2) is 42.5 Å². The number of pyridine rings is 1. The molecule has 5 nitrogen and oxygen atoms in total. The van der Waals surface area contributed by atoms with Crippen LogP contribution in [-0.2, 0) is 0 Å². The molecule has 1 aromatic heterocycles. The molecule has 1 heterocycles. The number of hydrogen-bond acceptors (Lipinski definition) is 5. The quantitative estimate of drug-likeness (QED) is 0.638. The summed E-state index contributed by atoms with van der Waals surface area (Å²) in [5.41, 5.74) is 3.00. The standard InChI is InChI=1S/C22H23NO4/c1-4-11-27-19-10-9-15(12-20(19)26-5-2)18-13-17(22(24)25)16-8-6-7-14(3)21(16)23-18/h6-10,12-13H,4-5,11H2,1-3H3,(H,24,25)/p-1. The molecule has 140 valence electrons. The van der Waals surface area contributed by atoms with Gasteiger partial charge in [0.2, 0.25) is 0 Å². The summed E-state index contributed by atoms with van der Waals surface area (Å²) in [7, 11) is 0. The Hall–Kier alpha value is -3.08. The lowest BCUT2D eigenvalue weighted by atomic mass is 10.0. The van der Waals surface area contributed by atoms with Crippen LogP contribution in [-0.4, -0.2) is 24.2 Å². The second-order valence-electron chi connectivity index (χ2n) is 6.26. The molecule has 0 amide bonds.